The average Bonchev–Trinajstić information content (AvgIpc) is 3.15. The van der Waals surface area contributed by atoms with E-state index in [-0.39, 0.29) is 24.1 Å². The molecule has 9 nitrogen and oxygen atoms in total. The van der Waals surface area contributed by atoms with Crippen molar-refractivity contribution in [3.05, 3.63) is 47.5 Å². The number of hydrogen-bond donors (Lipinski definition) is 2. The van der Waals surface area contributed by atoms with Crippen molar-refractivity contribution in [3.63, 3.8) is 0 Å². The molecule has 12 heteroatoms. The van der Waals surface area contributed by atoms with Gasteiger partial charge in [0.15, 0.2) is 0 Å². The molecule has 3 aromatic heterocycles. The maximum Gasteiger partial charge on any atom is 0.392 e. The molecule has 0 fully saturated rings. The molecule has 0 aliphatic rings. The second-order valence-electron chi connectivity index (χ2n) is 7.71. The molecule has 2 amide bonds. The molecule has 0 aliphatic carbocycles. The van der Waals surface area contributed by atoms with Crippen LogP contribution in [0.1, 0.15) is 30.2 Å². The lowest BCUT2D eigenvalue weighted by Crippen LogP contribution is -2.34. The lowest BCUT2D eigenvalue weighted by molar-refractivity contribution is -0.139. The highest BCUT2D eigenvalue weighted by molar-refractivity contribution is 5.86. The molecule has 0 radical (unpaired) electrons. The van der Waals surface area contributed by atoms with Crippen LogP contribution in [0.4, 0.5) is 13.2 Å². The first kappa shape index (κ1) is 24.9. The van der Waals surface area contributed by atoms with E-state index in [1.165, 1.54) is 13.1 Å². The molecule has 2 N–H and O–H groups in total. The predicted molar refractivity (Wildman–Crippen MR) is 117 cm³/mol. The number of fused-ring (bicyclic) bond motifs is 1. The fourth-order valence-corrected chi connectivity index (χ4v) is 3.23. The van der Waals surface area contributed by atoms with Crippen molar-refractivity contribution in [2.75, 3.05) is 19.7 Å². The summed E-state index contributed by atoms with van der Waals surface area (Å²) in [5, 5.41) is 10.6. The van der Waals surface area contributed by atoms with Crippen LogP contribution < -0.4 is 15.4 Å². The van der Waals surface area contributed by atoms with Crippen LogP contribution in [0.15, 0.2) is 30.7 Å². The minimum absolute atomic E-state index is 0.0632. The minimum Gasteiger partial charge on any atom is -0.477 e. The van der Waals surface area contributed by atoms with Gasteiger partial charge in [-0.15, -0.1) is 0 Å². The van der Waals surface area contributed by atoms with Crippen LogP contribution in [-0.4, -0.2) is 57.4 Å². The smallest absolute Gasteiger partial charge is 0.392 e. The summed E-state index contributed by atoms with van der Waals surface area (Å²) in [6, 6.07) is 3.52. The van der Waals surface area contributed by atoms with Crippen LogP contribution in [0, 0.1) is 6.92 Å². The van der Waals surface area contributed by atoms with Crippen LogP contribution in [0.25, 0.3) is 10.9 Å². The average molecular weight is 478 g/mol. The zero-order chi connectivity index (χ0) is 24.7. The molecule has 3 aromatic rings. The van der Waals surface area contributed by atoms with E-state index < -0.39 is 19.2 Å². The second kappa shape index (κ2) is 10.9. The van der Waals surface area contributed by atoms with Crippen LogP contribution in [0.2, 0.25) is 0 Å². The van der Waals surface area contributed by atoms with Gasteiger partial charge in [-0.3, -0.25) is 19.3 Å². The fourth-order valence-electron chi connectivity index (χ4n) is 3.23. The predicted octanol–water partition coefficient (Wildman–Crippen LogP) is 2.31. The number of nitrogens with one attached hydrogen (secondary N) is 2. The Morgan fingerprint density at radius 1 is 1.18 bits per heavy atom. The van der Waals surface area contributed by atoms with Crippen molar-refractivity contribution in [2.45, 2.75) is 39.4 Å². The van der Waals surface area contributed by atoms with Gasteiger partial charge in [0.25, 0.3) is 0 Å². The topological polar surface area (TPSA) is 111 Å². The number of rotatable bonds is 10. The molecule has 0 saturated carbocycles. The van der Waals surface area contributed by atoms with Gasteiger partial charge >= 0.3 is 6.18 Å². The van der Waals surface area contributed by atoms with Gasteiger partial charge in [-0.2, -0.15) is 18.3 Å². The highest BCUT2D eigenvalue weighted by Gasteiger charge is 2.27. The number of carbonyl (C=O) groups is 2. The van der Waals surface area contributed by atoms with E-state index in [1.54, 1.807) is 36.1 Å². The number of alkyl halides is 3. The molecule has 34 heavy (non-hydrogen) atoms. The zero-order valence-corrected chi connectivity index (χ0v) is 18.8. The number of nitrogens with zero attached hydrogens (tertiary/aromatic N) is 4. The first-order valence-electron chi connectivity index (χ1n) is 10.6. The summed E-state index contributed by atoms with van der Waals surface area (Å²) in [7, 11) is 0. The molecule has 0 atom stereocenters. The van der Waals surface area contributed by atoms with Crippen molar-refractivity contribution < 1.29 is 27.5 Å². The van der Waals surface area contributed by atoms with Crippen LogP contribution >= 0.6 is 0 Å². The Hall–Kier alpha value is -3.70. The van der Waals surface area contributed by atoms with Crippen molar-refractivity contribution in [2.24, 2.45) is 0 Å². The zero-order valence-electron chi connectivity index (χ0n) is 18.8. The number of carbonyl (C=O) groups excluding carboxylic acids is 2. The maximum absolute atomic E-state index is 12.3. The van der Waals surface area contributed by atoms with E-state index in [1.807, 2.05) is 0 Å². The third-order valence-electron chi connectivity index (χ3n) is 4.77. The minimum atomic E-state index is -4.28. The van der Waals surface area contributed by atoms with E-state index in [0.717, 1.165) is 10.9 Å². The molecule has 0 aliphatic heterocycles. The van der Waals surface area contributed by atoms with Crippen LogP contribution in [0.3, 0.4) is 0 Å². The monoisotopic (exact) mass is 478 g/mol. The van der Waals surface area contributed by atoms with E-state index >= 15 is 0 Å². The lowest BCUT2D eigenvalue weighted by atomic mass is 10.2. The molecule has 0 spiro atoms. The summed E-state index contributed by atoms with van der Waals surface area (Å²) in [6.45, 7) is 3.66. The number of halogens is 3. The van der Waals surface area contributed by atoms with Gasteiger partial charge in [0.05, 0.1) is 37.2 Å². The van der Waals surface area contributed by atoms with E-state index in [9.17, 15) is 22.8 Å². The molecule has 3 rings (SSSR count). The first-order chi connectivity index (χ1) is 16.1. The third-order valence-corrected chi connectivity index (χ3v) is 4.77. The SMILES string of the molecule is CC(=O)NCCNC(=O)Cc1nccc2nn(Cc3cnc(OCCC(F)(F)F)c(C)c3)cc12. The van der Waals surface area contributed by atoms with E-state index in [4.69, 9.17) is 4.74 Å². The summed E-state index contributed by atoms with van der Waals surface area (Å²) < 4.78 is 43.7. The Morgan fingerprint density at radius 2 is 1.94 bits per heavy atom. The Kier molecular flexibility index (Phi) is 8.03. The van der Waals surface area contributed by atoms with Gasteiger partial charge in [-0.05, 0) is 24.6 Å². The molecular formula is C22H25F3N6O3. The molecule has 0 saturated heterocycles. The summed E-state index contributed by atoms with van der Waals surface area (Å²) in [5.41, 5.74) is 2.66. The Bertz CT molecular complexity index is 1160. The Labute approximate surface area is 193 Å². The number of hydrogen-bond acceptors (Lipinski definition) is 6. The largest absolute Gasteiger partial charge is 0.477 e. The molecular weight excluding hydrogens is 453 g/mol. The number of amides is 2. The standard InChI is InChI=1S/C22H25F3N6O3/c1-14-9-16(11-29-21(14)34-8-4-22(23,24)25)12-31-13-17-18(30-31)3-5-27-19(17)10-20(33)28-7-6-26-15(2)32/h3,5,9,11,13H,4,6-8,10,12H2,1-2H3,(H,26,32)(H,28,33). The fraction of sp³-hybridized carbons (Fsp3) is 0.409. The number of aromatic nitrogens is 4. The highest BCUT2D eigenvalue weighted by atomic mass is 19.4. The Morgan fingerprint density at radius 3 is 2.65 bits per heavy atom. The third kappa shape index (κ3) is 7.42. The van der Waals surface area contributed by atoms with E-state index in [0.29, 0.717) is 36.4 Å². The maximum atomic E-state index is 12.3. The van der Waals surface area contributed by atoms with Gasteiger partial charge in [0.1, 0.15) is 0 Å². The van der Waals surface area contributed by atoms with Crippen molar-refractivity contribution in [3.8, 4) is 5.88 Å². The number of ether oxygens (including phenoxy) is 1. The van der Waals surface area contributed by atoms with Crippen LogP contribution in [-0.2, 0) is 22.6 Å². The van der Waals surface area contributed by atoms with Crippen molar-refractivity contribution >= 4 is 22.7 Å². The van der Waals surface area contributed by atoms with Gasteiger partial charge in [-0.1, -0.05) is 0 Å². The highest BCUT2D eigenvalue weighted by Crippen LogP contribution is 2.22. The normalized spacial score (nSPS) is 11.4. The number of aryl methyl sites for hydroxylation is 1. The molecule has 0 bridgehead atoms. The number of pyridine rings is 2. The summed E-state index contributed by atoms with van der Waals surface area (Å²) in [5.74, 6) is -0.226. The molecule has 3 heterocycles. The van der Waals surface area contributed by atoms with Gasteiger partial charge in [-0.25, -0.2) is 4.98 Å². The van der Waals surface area contributed by atoms with Gasteiger partial charge in [0.2, 0.25) is 17.7 Å². The summed E-state index contributed by atoms with van der Waals surface area (Å²) >= 11 is 0. The molecule has 0 unspecified atom stereocenters. The lowest BCUT2D eigenvalue weighted by Gasteiger charge is -2.11. The second-order valence-corrected chi connectivity index (χ2v) is 7.71. The molecule has 182 valence electrons. The molecule has 0 aromatic carbocycles. The first-order valence-corrected chi connectivity index (χ1v) is 10.6. The van der Waals surface area contributed by atoms with E-state index in [2.05, 4.69) is 25.7 Å². The summed E-state index contributed by atoms with van der Waals surface area (Å²) in [4.78, 5) is 31.5. The Balaban J connectivity index is 1.63. The van der Waals surface area contributed by atoms with Crippen molar-refractivity contribution in [1.29, 1.82) is 0 Å². The quantitative estimate of drug-likeness (QED) is 0.433. The van der Waals surface area contributed by atoms with Gasteiger partial charge in [0, 0.05) is 49.6 Å². The summed E-state index contributed by atoms with van der Waals surface area (Å²) in [6.07, 6.45) is -0.363. The van der Waals surface area contributed by atoms with Crippen molar-refractivity contribution in [1.82, 2.24) is 30.4 Å². The van der Waals surface area contributed by atoms with Crippen LogP contribution in [0.5, 0.6) is 5.88 Å². The van der Waals surface area contributed by atoms with Gasteiger partial charge < -0.3 is 15.4 Å².